The average Bonchev–Trinajstić information content (AvgIpc) is 3.00. The molecule has 0 radical (unpaired) electrons. The lowest BCUT2D eigenvalue weighted by Gasteiger charge is -2.07. The smallest absolute Gasteiger partial charge is 0.256 e. The van der Waals surface area contributed by atoms with Crippen molar-refractivity contribution in [2.45, 2.75) is 13.5 Å². The zero-order valence-corrected chi connectivity index (χ0v) is 14.3. The monoisotopic (exact) mass is 360 g/mol. The molecule has 1 amide bonds. The third kappa shape index (κ3) is 4.06. The maximum absolute atomic E-state index is 12.2. The summed E-state index contributed by atoms with van der Waals surface area (Å²) < 4.78 is 13.9. The van der Waals surface area contributed by atoms with Crippen LogP contribution < -0.4 is 10.1 Å². The Morgan fingerprint density at radius 3 is 2.62 bits per heavy atom. The number of hydrogen-bond acceptors (Lipinski definition) is 6. The number of halogens is 1. The Hall–Kier alpha value is -2.51. The van der Waals surface area contributed by atoms with Gasteiger partial charge in [0.05, 0.1) is 22.4 Å². The molecule has 0 aliphatic carbocycles. The SMILES string of the molecule is Cc1nsnc1COc1ccc(C(=O)Nc2ccc(Cl)cn2)cc1. The molecule has 24 heavy (non-hydrogen) atoms. The van der Waals surface area contributed by atoms with Gasteiger partial charge in [0, 0.05) is 11.8 Å². The van der Waals surface area contributed by atoms with Crippen LogP contribution in [0.2, 0.25) is 5.02 Å². The van der Waals surface area contributed by atoms with E-state index in [2.05, 4.69) is 19.0 Å². The molecule has 3 rings (SSSR count). The van der Waals surface area contributed by atoms with Gasteiger partial charge in [0.2, 0.25) is 0 Å². The minimum atomic E-state index is -0.254. The molecule has 0 fully saturated rings. The molecule has 0 saturated carbocycles. The van der Waals surface area contributed by atoms with Gasteiger partial charge in [-0.25, -0.2) is 4.98 Å². The predicted molar refractivity (Wildman–Crippen MR) is 92.6 cm³/mol. The van der Waals surface area contributed by atoms with Crippen molar-refractivity contribution in [3.63, 3.8) is 0 Å². The molecule has 0 bridgehead atoms. The Kier molecular flexibility index (Phi) is 5.02. The number of rotatable bonds is 5. The van der Waals surface area contributed by atoms with Crippen molar-refractivity contribution in [2.75, 3.05) is 5.32 Å². The molecule has 0 spiro atoms. The van der Waals surface area contributed by atoms with Gasteiger partial charge in [0.1, 0.15) is 23.9 Å². The van der Waals surface area contributed by atoms with Crippen molar-refractivity contribution in [2.24, 2.45) is 0 Å². The number of nitrogens with zero attached hydrogens (tertiary/aromatic N) is 3. The number of ether oxygens (including phenoxy) is 1. The number of aromatic nitrogens is 3. The summed E-state index contributed by atoms with van der Waals surface area (Å²) >= 11 is 6.92. The van der Waals surface area contributed by atoms with Gasteiger partial charge in [-0.2, -0.15) is 8.75 Å². The molecule has 2 aromatic heterocycles. The summed E-state index contributed by atoms with van der Waals surface area (Å²) in [4.78, 5) is 16.2. The maximum atomic E-state index is 12.2. The molecule has 8 heteroatoms. The van der Waals surface area contributed by atoms with Gasteiger partial charge in [-0.1, -0.05) is 11.6 Å². The summed E-state index contributed by atoms with van der Waals surface area (Å²) in [5.41, 5.74) is 2.19. The van der Waals surface area contributed by atoms with E-state index in [0.29, 0.717) is 28.8 Å². The second-order valence-electron chi connectivity index (χ2n) is 4.93. The maximum Gasteiger partial charge on any atom is 0.256 e. The summed E-state index contributed by atoms with van der Waals surface area (Å²) in [7, 11) is 0. The predicted octanol–water partition coefficient (Wildman–Crippen LogP) is 3.73. The highest BCUT2D eigenvalue weighted by molar-refractivity contribution is 6.99. The number of nitrogens with one attached hydrogen (secondary N) is 1. The third-order valence-corrected chi connectivity index (χ3v) is 4.09. The highest BCUT2D eigenvalue weighted by Gasteiger charge is 2.08. The largest absolute Gasteiger partial charge is 0.487 e. The van der Waals surface area contributed by atoms with Crippen LogP contribution >= 0.6 is 23.3 Å². The van der Waals surface area contributed by atoms with Gasteiger partial charge in [-0.3, -0.25) is 4.79 Å². The first kappa shape index (κ1) is 16.4. The first-order valence-electron chi connectivity index (χ1n) is 7.05. The number of pyridine rings is 1. The quantitative estimate of drug-likeness (QED) is 0.750. The van der Waals surface area contributed by atoms with Gasteiger partial charge < -0.3 is 10.1 Å². The number of carbonyl (C=O) groups excluding carboxylic acids is 1. The van der Waals surface area contributed by atoms with Crippen LogP contribution in [0.15, 0.2) is 42.6 Å². The van der Waals surface area contributed by atoms with E-state index in [1.54, 1.807) is 36.4 Å². The van der Waals surface area contributed by atoms with E-state index in [1.165, 1.54) is 6.20 Å². The van der Waals surface area contributed by atoms with E-state index in [9.17, 15) is 4.79 Å². The number of amides is 1. The molecule has 1 N–H and O–H groups in total. The molecule has 2 heterocycles. The third-order valence-electron chi connectivity index (χ3n) is 3.21. The number of anilines is 1. The Balaban J connectivity index is 1.60. The van der Waals surface area contributed by atoms with E-state index in [1.807, 2.05) is 6.92 Å². The van der Waals surface area contributed by atoms with Crippen LogP contribution in [0.4, 0.5) is 5.82 Å². The Labute approximate surface area is 147 Å². The molecule has 0 atom stereocenters. The van der Waals surface area contributed by atoms with Crippen LogP contribution in [0, 0.1) is 6.92 Å². The van der Waals surface area contributed by atoms with Gasteiger partial charge in [-0.15, -0.1) is 0 Å². The first-order valence-corrected chi connectivity index (χ1v) is 8.16. The van der Waals surface area contributed by atoms with Crippen molar-refractivity contribution in [3.05, 3.63) is 64.6 Å². The normalized spacial score (nSPS) is 10.4. The highest BCUT2D eigenvalue weighted by atomic mass is 35.5. The van der Waals surface area contributed by atoms with E-state index in [4.69, 9.17) is 16.3 Å². The van der Waals surface area contributed by atoms with E-state index < -0.39 is 0 Å². The minimum Gasteiger partial charge on any atom is -0.487 e. The van der Waals surface area contributed by atoms with Crippen molar-refractivity contribution < 1.29 is 9.53 Å². The molecule has 0 aliphatic rings. The highest BCUT2D eigenvalue weighted by Crippen LogP contribution is 2.16. The molecule has 122 valence electrons. The van der Waals surface area contributed by atoms with Gasteiger partial charge in [0.25, 0.3) is 5.91 Å². The van der Waals surface area contributed by atoms with Crippen molar-refractivity contribution in [3.8, 4) is 5.75 Å². The summed E-state index contributed by atoms with van der Waals surface area (Å²) in [5.74, 6) is 0.843. The summed E-state index contributed by atoms with van der Waals surface area (Å²) in [6.07, 6.45) is 1.48. The molecular weight excluding hydrogens is 348 g/mol. The zero-order chi connectivity index (χ0) is 16.9. The Morgan fingerprint density at radius 1 is 1.21 bits per heavy atom. The zero-order valence-electron chi connectivity index (χ0n) is 12.7. The van der Waals surface area contributed by atoms with Crippen LogP contribution in [0.1, 0.15) is 21.7 Å². The van der Waals surface area contributed by atoms with Crippen LogP contribution in [0.25, 0.3) is 0 Å². The number of aryl methyl sites for hydroxylation is 1. The summed E-state index contributed by atoms with van der Waals surface area (Å²) in [6, 6.07) is 10.1. The molecule has 6 nitrogen and oxygen atoms in total. The molecule has 0 unspecified atom stereocenters. The molecular formula is C16H13ClN4O2S. The fourth-order valence-corrected chi connectivity index (χ4v) is 2.54. The van der Waals surface area contributed by atoms with Crippen molar-refractivity contribution in [1.82, 2.24) is 13.7 Å². The Bertz CT molecular complexity index is 834. The number of carbonyl (C=O) groups is 1. The Morgan fingerprint density at radius 2 is 2.00 bits per heavy atom. The lowest BCUT2D eigenvalue weighted by molar-refractivity contribution is 0.102. The topological polar surface area (TPSA) is 77.0 Å². The van der Waals surface area contributed by atoms with E-state index in [-0.39, 0.29) is 5.91 Å². The molecule has 0 saturated heterocycles. The molecule has 3 aromatic rings. The standard InChI is InChI=1S/C16H13ClN4O2S/c1-10-14(21-24-20-10)9-23-13-5-2-11(3-6-13)16(22)19-15-7-4-12(17)8-18-15/h2-8H,9H2,1H3,(H,18,19,22). The van der Waals surface area contributed by atoms with Crippen LogP contribution in [0.5, 0.6) is 5.75 Å². The fraction of sp³-hybridized carbons (Fsp3) is 0.125. The van der Waals surface area contributed by atoms with Gasteiger partial charge in [0.15, 0.2) is 0 Å². The van der Waals surface area contributed by atoms with Crippen molar-refractivity contribution in [1.29, 1.82) is 0 Å². The minimum absolute atomic E-state index is 0.254. The van der Waals surface area contributed by atoms with Crippen LogP contribution in [-0.2, 0) is 6.61 Å². The lowest BCUT2D eigenvalue weighted by Crippen LogP contribution is -2.12. The summed E-state index contributed by atoms with van der Waals surface area (Å²) in [5, 5.41) is 3.21. The first-order chi connectivity index (χ1) is 11.6. The average molecular weight is 361 g/mol. The van der Waals surface area contributed by atoms with E-state index >= 15 is 0 Å². The summed E-state index contributed by atoms with van der Waals surface area (Å²) in [6.45, 7) is 2.24. The van der Waals surface area contributed by atoms with Gasteiger partial charge in [-0.05, 0) is 43.3 Å². The van der Waals surface area contributed by atoms with Crippen molar-refractivity contribution >= 4 is 35.1 Å². The lowest BCUT2D eigenvalue weighted by atomic mass is 10.2. The van der Waals surface area contributed by atoms with Gasteiger partial charge >= 0.3 is 0 Å². The molecule has 0 aliphatic heterocycles. The number of benzene rings is 1. The molecule has 1 aromatic carbocycles. The van der Waals surface area contributed by atoms with Crippen LogP contribution in [0.3, 0.4) is 0 Å². The van der Waals surface area contributed by atoms with E-state index in [0.717, 1.165) is 23.1 Å². The number of hydrogen-bond donors (Lipinski definition) is 1. The fourth-order valence-electron chi connectivity index (χ4n) is 1.87. The second-order valence-corrected chi connectivity index (χ2v) is 5.89. The van der Waals surface area contributed by atoms with Crippen LogP contribution in [-0.4, -0.2) is 19.6 Å². The second kappa shape index (κ2) is 7.37.